The number of thiophene rings is 2. The van der Waals surface area contributed by atoms with Crippen LogP contribution in [0, 0.1) is 27.7 Å². The Morgan fingerprint density at radius 3 is 1.33 bits per heavy atom. The third kappa shape index (κ3) is 4.91. The molecule has 5 nitrogen and oxygen atoms in total. The van der Waals surface area contributed by atoms with Crippen molar-refractivity contribution in [3.05, 3.63) is 139 Å². The molecule has 5 heterocycles. The minimum absolute atomic E-state index is 0.0680. The molecule has 0 fully saturated rings. The van der Waals surface area contributed by atoms with Crippen molar-refractivity contribution in [2.45, 2.75) is 53.4 Å². The van der Waals surface area contributed by atoms with Crippen molar-refractivity contribution in [2.75, 3.05) is 0 Å². The molecular formula is C38H35N3O2S2. The summed E-state index contributed by atoms with van der Waals surface area (Å²) >= 11 is 3.57. The number of Topliss-reactive ketones (excluding diaryl/α,β-unsaturated/α-hetero) is 2. The standard InChI is InChI=1S/C38H35N3O2S2/c1-19-33(23(5)42)21(3)39-37(19)35(31-17-25-11-7-9-13-29(25)44-31)27-15-16-28(41-27)36(32-18-26-12-8-10-14-30(26)45-32)38-20(2)34(24(6)43)22(4)40-38/h7-18,35-36,39-41H,1-6H3. The van der Waals surface area contributed by atoms with Crippen LogP contribution in [0.25, 0.3) is 20.2 Å². The Balaban J connectivity index is 1.43. The van der Waals surface area contributed by atoms with Crippen LogP contribution >= 0.6 is 22.7 Å². The Labute approximate surface area is 270 Å². The predicted octanol–water partition coefficient (Wildman–Crippen LogP) is 10.1. The van der Waals surface area contributed by atoms with Gasteiger partial charge in [-0.25, -0.2) is 0 Å². The number of hydrogen-bond donors (Lipinski definition) is 3. The molecule has 45 heavy (non-hydrogen) atoms. The number of aromatic amines is 3. The van der Waals surface area contributed by atoms with Crippen LogP contribution in [0.5, 0.6) is 0 Å². The summed E-state index contributed by atoms with van der Waals surface area (Å²) in [7, 11) is 0. The molecule has 0 bridgehead atoms. The number of fused-ring (bicyclic) bond motifs is 2. The highest BCUT2D eigenvalue weighted by Crippen LogP contribution is 2.44. The first-order valence-electron chi connectivity index (χ1n) is 15.2. The Hall–Kier alpha value is -4.46. The van der Waals surface area contributed by atoms with E-state index in [2.05, 4.69) is 87.7 Å². The molecule has 2 unspecified atom stereocenters. The highest BCUT2D eigenvalue weighted by atomic mass is 32.1. The number of nitrogens with one attached hydrogen (secondary N) is 3. The molecule has 7 aromatic rings. The lowest BCUT2D eigenvalue weighted by Gasteiger charge is -2.17. The first kappa shape index (κ1) is 29.3. The van der Waals surface area contributed by atoms with Crippen molar-refractivity contribution < 1.29 is 9.59 Å². The predicted molar refractivity (Wildman–Crippen MR) is 187 cm³/mol. The molecule has 0 saturated carbocycles. The van der Waals surface area contributed by atoms with Gasteiger partial charge in [-0.3, -0.25) is 9.59 Å². The van der Waals surface area contributed by atoms with E-state index in [1.807, 2.05) is 27.7 Å². The van der Waals surface area contributed by atoms with E-state index in [0.717, 1.165) is 56.4 Å². The van der Waals surface area contributed by atoms with Crippen molar-refractivity contribution in [3.8, 4) is 0 Å². The SMILES string of the molecule is CC(=O)c1c(C)[nH]c(C(c2ccc(C(c3cc4ccccc4s3)c3[nH]c(C)c(C(C)=O)c3C)[nH]2)c2cc3ccccc3s2)c1C. The molecule has 226 valence electrons. The van der Waals surface area contributed by atoms with E-state index in [9.17, 15) is 9.59 Å². The fourth-order valence-corrected chi connectivity index (χ4v) is 9.53. The summed E-state index contributed by atoms with van der Waals surface area (Å²) in [5.41, 5.74) is 9.45. The Morgan fingerprint density at radius 1 is 0.578 bits per heavy atom. The lowest BCUT2D eigenvalue weighted by atomic mass is 9.94. The van der Waals surface area contributed by atoms with Crippen molar-refractivity contribution in [1.82, 2.24) is 15.0 Å². The first-order chi connectivity index (χ1) is 21.6. The molecule has 7 rings (SSSR count). The van der Waals surface area contributed by atoms with Crippen LogP contribution in [0.1, 0.15) is 101 Å². The normalized spacial score (nSPS) is 13.1. The molecule has 3 N–H and O–H groups in total. The number of ketones is 2. The van der Waals surface area contributed by atoms with E-state index < -0.39 is 0 Å². The van der Waals surface area contributed by atoms with Gasteiger partial charge in [0.2, 0.25) is 0 Å². The summed E-state index contributed by atoms with van der Waals surface area (Å²) in [5.74, 6) is -0.104. The van der Waals surface area contributed by atoms with E-state index >= 15 is 0 Å². The van der Waals surface area contributed by atoms with Crippen molar-refractivity contribution in [3.63, 3.8) is 0 Å². The minimum Gasteiger partial charge on any atom is -0.361 e. The average molecular weight is 630 g/mol. The number of rotatable bonds is 8. The number of hydrogen-bond acceptors (Lipinski definition) is 4. The Morgan fingerprint density at radius 2 is 0.978 bits per heavy atom. The number of benzene rings is 2. The fraction of sp³-hybridized carbons (Fsp3) is 0.211. The van der Waals surface area contributed by atoms with Crippen LogP contribution in [0.2, 0.25) is 0 Å². The van der Waals surface area contributed by atoms with Gasteiger partial charge in [-0.15, -0.1) is 22.7 Å². The summed E-state index contributed by atoms with van der Waals surface area (Å²) in [6.07, 6.45) is 0. The molecule has 0 aliphatic carbocycles. The van der Waals surface area contributed by atoms with Gasteiger partial charge in [0.15, 0.2) is 11.6 Å². The maximum Gasteiger partial charge on any atom is 0.161 e. The van der Waals surface area contributed by atoms with Crippen LogP contribution < -0.4 is 0 Å². The van der Waals surface area contributed by atoms with E-state index in [1.54, 1.807) is 36.5 Å². The molecular weight excluding hydrogens is 595 g/mol. The topological polar surface area (TPSA) is 81.5 Å². The minimum atomic E-state index is -0.120. The molecule has 0 radical (unpaired) electrons. The Kier molecular flexibility index (Phi) is 7.26. The maximum atomic E-state index is 12.7. The lowest BCUT2D eigenvalue weighted by Crippen LogP contribution is -2.08. The van der Waals surface area contributed by atoms with E-state index in [1.165, 1.54) is 29.9 Å². The summed E-state index contributed by atoms with van der Waals surface area (Å²) in [6, 6.07) is 25.8. The van der Waals surface area contributed by atoms with Gasteiger partial charge in [0.05, 0.1) is 11.8 Å². The third-order valence-electron chi connectivity index (χ3n) is 9.05. The highest BCUT2D eigenvalue weighted by Gasteiger charge is 2.31. The number of carbonyl (C=O) groups excluding carboxylic acids is 2. The molecule has 7 heteroatoms. The van der Waals surface area contributed by atoms with Crippen molar-refractivity contribution in [1.29, 1.82) is 0 Å². The summed E-state index contributed by atoms with van der Waals surface area (Å²) in [4.78, 5) is 38.8. The van der Waals surface area contributed by atoms with Crippen LogP contribution in [0.4, 0.5) is 0 Å². The number of aryl methyl sites for hydroxylation is 2. The summed E-state index contributed by atoms with van der Waals surface area (Å²) in [6.45, 7) is 11.3. The van der Waals surface area contributed by atoms with Gasteiger partial charge in [0, 0.05) is 64.4 Å². The van der Waals surface area contributed by atoms with Crippen LogP contribution in [0.3, 0.4) is 0 Å². The van der Waals surface area contributed by atoms with Gasteiger partial charge in [-0.2, -0.15) is 0 Å². The van der Waals surface area contributed by atoms with Crippen LogP contribution in [-0.4, -0.2) is 26.5 Å². The molecule has 0 amide bonds. The third-order valence-corrected chi connectivity index (χ3v) is 11.4. The number of carbonyl (C=O) groups is 2. The Bertz CT molecular complexity index is 2030. The zero-order valence-corrected chi connectivity index (χ0v) is 27.8. The molecule has 0 saturated heterocycles. The zero-order valence-electron chi connectivity index (χ0n) is 26.2. The average Bonchev–Trinajstić information content (AvgIpc) is 3.81. The largest absolute Gasteiger partial charge is 0.361 e. The molecule has 2 atom stereocenters. The second-order valence-electron chi connectivity index (χ2n) is 12.0. The quantitative estimate of drug-likeness (QED) is 0.146. The van der Waals surface area contributed by atoms with Crippen molar-refractivity contribution in [2.24, 2.45) is 0 Å². The van der Waals surface area contributed by atoms with Gasteiger partial charge < -0.3 is 15.0 Å². The monoisotopic (exact) mass is 629 g/mol. The number of aromatic nitrogens is 3. The van der Waals surface area contributed by atoms with Gasteiger partial charge in [-0.05, 0) is 99.8 Å². The maximum absolute atomic E-state index is 12.7. The number of H-pyrrole nitrogens is 3. The van der Waals surface area contributed by atoms with Crippen LogP contribution in [-0.2, 0) is 0 Å². The van der Waals surface area contributed by atoms with Crippen molar-refractivity contribution >= 4 is 54.4 Å². The summed E-state index contributed by atoms with van der Waals surface area (Å²) in [5, 5.41) is 2.42. The molecule has 5 aromatic heterocycles. The van der Waals surface area contributed by atoms with E-state index in [0.29, 0.717) is 0 Å². The second-order valence-corrected chi connectivity index (χ2v) is 14.3. The second kappa shape index (κ2) is 11.2. The van der Waals surface area contributed by atoms with Gasteiger partial charge in [0.25, 0.3) is 0 Å². The smallest absolute Gasteiger partial charge is 0.161 e. The summed E-state index contributed by atoms with van der Waals surface area (Å²) < 4.78 is 2.46. The van der Waals surface area contributed by atoms with Gasteiger partial charge in [-0.1, -0.05) is 36.4 Å². The lowest BCUT2D eigenvalue weighted by molar-refractivity contribution is 0.100. The molecule has 0 aliphatic rings. The van der Waals surface area contributed by atoms with Crippen LogP contribution in [0.15, 0.2) is 72.8 Å². The van der Waals surface area contributed by atoms with E-state index in [-0.39, 0.29) is 23.4 Å². The highest BCUT2D eigenvalue weighted by molar-refractivity contribution is 7.19. The molecule has 0 aliphatic heterocycles. The van der Waals surface area contributed by atoms with Gasteiger partial charge in [0.1, 0.15) is 0 Å². The first-order valence-corrected chi connectivity index (χ1v) is 16.8. The van der Waals surface area contributed by atoms with Gasteiger partial charge >= 0.3 is 0 Å². The molecule has 0 spiro atoms. The molecule has 2 aromatic carbocycles. The fourth-order valence-electron chi connectivity index (χ4n) is 7.14. The zero-order chi connectivity index (χ0) is 31.6. The van der Waals surface area contributed by atoms with E-state index in [4.69, 9.17) is 0 Å².